The number of nitrogens with zero attached hydrogens (tertiary/aromatic N) is 1. The van der Waals surface area contributed by atoms with Gasteiger partial charge in [0.1, 0.15) is 13.1 Å². The van der Waals surface area contributed by atoms with Gasteiger partial charge in [-0.05, 0) is 0 Å². The van der Waals surface area contributed by atoms with Crippen LogP contribution in [0.25, 0.3) is 0 Å². The Kier molecular flexibility index (Phi) is 2.05. The zero-order chi connectivity index (χ0) is 6.74. The number of morpholine rings is 1. The smallest absolute Gasteiger partial charge is 0.102 e. The van der Waals surface area contributed by atoms with Crippen LogP contribution in [0.1, 0.15) is 0 Å². The predicted octanol–water partition coefficient (Wildman–Crippen LogP) is 0.165. The van der Waals surface area contributed by atoms with Crippen LogP contribution in [-0.4, -0.2) is 37.5 Å². The number of ether oxygens (including phenoxy) is 1. The minimum absolute atomic E-state index is 0.167. The zero-order valence-corrected chi connectivity index (χ0v) is 5.51. The van der Waals surface area contributed by atoms with Gasteiger partial charge < -0.3 is 14.6 Å². The standard InChI is InChI=1S/C6H12NO2/c1-2-7(8)3-5-9-6-4-7/h1-6H2. The minimum Gasteiger partial charge on any atom is -0.633 e. The highest BCUT2D eigenvalue weighted by molar-refractivity contribution is 4.50. The van der Waals surface area contributed by atoms with E-state index in [1.165, 1.54) is 0 Å². The maximum atomic E-state index is 11.3. The maximum absolute atomic E-state index is 11.3. The summed E-state index contributed by atoms with van der Waals surface area (Å²) in [6, 6.07) is 0. The summed E-state index contributed by atoms with van der Waals surface area (Å²) in [5.41, 5.74) is 0. The fourth-order valence-electron chi connectivity index (χ4n) is 0.899. The van der Waals surface area contributed by atoms with Crippen LogP contribution >= 0.6 is 0 Å². The summed E-state index contributed by atoms with van der Waals surface area (Å²) in [7, 11) is 0. The molecule has 0 amide bonds. The van der Waals surface area contributed by atoms with Crippen LogP contribution in [0.3, 0.4) is 0 Å². The van der Waals surface area contributed by atoms with E-state index in [1.807, 2.05) is 0 Å². The molecule has 0 unspecified atom stereocenters. The molecule has 9 heavy (non-hydrogen) atoms. The average molecular weight is 130 g/mol. The molecule has 1 heterocycles. The van der Waals surface area contributed by atoms with Gasteiger partial charge in [0.15, 0.2) is 0 Å². The van der Waals surface area contributed by atoms with E-state index in [-0.39, 0.29) is 4.65 Å². The van der Waals surface area contributed by atoms with Crippen molar-refractivity contribution in [2.24, 2.45) is 0 Å². The van der Waals surface area contributed by atoms with Gasteiger partial charge in [0, 0.05) is 6.92 Å². The van der Waals surface area contributed by atoms with Crippen molar-refractivity contribution in [3.63, 3.8) is 0 Å². The molecule has 1 radical (unpaired) electrons. The van der Waals surface area contributed by atoms with Crippen LogP contribution in [0.2, 0.25) is 0 Å². The normalized spacial score (nSPS) is 26.0. The Hall–Kier alpha value is -0.120. The molecule has 0 aromatic carbocycles. The van der Waals surface area contributed by atoms with Crippen molar-refractivity contribution in [3.8, 4) is 0 Å². The predicted molar refractivity (Wildman–Crippen MR) is 34.4 cm³/mol. The molecule has 1 aliphatic heterocycles. The lowest BCUT2D eigenvalue weighted by molar-refractivity contribution is -0.883. The third kappa shape index (κ3) is 1.64. The van der Waals surface area contributed by atoms with Crippen LogP contribution < -0.4 is 0 Å². The highest BCUT2D eigenvalue weighted by Crippen LogP contribution is 2.06. The van der Waals surface area contributed by atoms with Gasteiger partial charge in [-0.25, -0.2) is 0 Å². The van der Waals surface area contributed by atoms with E-state index in [1.54, 1.807) is 0 Å². The van der Waals surface area contributed by atoms with Gasteiger partial charge in [-0.3, -0.25) is 0 Å². The van der Waals surface area contributed by atoms with Gasteiger partial charge in [-0.15, -0.1) is 0 Å². The van der Waals surface area contributed by atoms with Crippen molar-refractivity contribution < 1.29 is 9.38 Å². The van der Waals surface area contributed by atoms with Crippen LogP contribution in [0, 0.1) is 12.1 Å². The third-order valence-corrected chi connectivity index (χ3v) is 1.69. The van der Waals surface area contributed by atoms with Gasteiger partial charge >= 0.3 is 0 Å². The second kappa shape index (κ2) is 2.64. The molecule has 0 saturated carbocycles. The third-order valence-electron chi connectivity index (χ3n) is 1.69. The zero-order valence-electron chi connectivity index (χ0n) is 5.51. The Balaban J connectivity index is 2.37. The van der Waals surface area contributed by atoms with Gasteiger partial charge in [0.2, 0.25) is 0 Å². The van der Waals surface area contributed by atoms with Crippen molar-refractivity contribution in [2.75, 3.05) is 32.8 Å². The first-order chi connectivity index (χ1) is 4.27. The van der Waals surface area contributed by atoms with E-state index in [0.717, 1.165) is 0 Å². The number of hydroxylamine groups is 3. The molecule has 1 saturated heterocycles. The molecular formula is C6H12NO2. The summed E-state index contributed by atoms with van der Waals surface area (Å²) in [5, 5.41) is 11.3. The van der Waals surface area contributed by atoms with Gasteiger partial charge in [-0.1, -0.05) is 0 Å². The molecule has 53 valence electrons. The van der Waals surface area contributed by atoms with Crippen LogP contribution in [-0.2, 0) is 4.74 Å². The topological polar surface area (TPSA) is 32.3 Å². The quantitative estimate of drug-likeness (QED) is 0.374. The van der Waals surface area contributed by atoms with Crippen molar-refractivity contribution >= 4 is 0 Å². The number of hydrogen-bond acceptors (Lipinski definition) is 2. The largest absolute Gasteiger partial charge is 0.633 e. The summed E-state index contributed by atoms with van der Waals surface area (Å²) in [6.07, 6.45) is 0. The molecule has 1 aliphatic rings. The summed E-state index contributed by atoms with van der Waals surface area (Å²) < 4.78 is 4.86. The molecular weight excluding hydrogens is 118 g/mol. The first kappa shape index (κ1) is 6.99. The summed E-state index contributed by atoms with van der Waals surface area (Å²) >= 11 is 0. The van der Waals surface area contributed by atoms with E-state index < -0.39 is 0 Å². The van der Waals surface area contributed by atoms with E-state index >= 15 is 0 Å². The molecule has 0 aromatic heterocycles. The van der Waals surface area contributed by atoms with Gasteiger partial charge in [0.05, 0.1) is 19.8 Å². The molecule has 0 N–H and O–H groups in total. The van der Waals surface area contributed by atoms with Crippen molar-refractivity contribution in [1.82, 2.24) is 0 Å². The lowest BCUT2D eigenvalue weighted by Crippen LogP contribution is -2.50. The van der Waals surface area contributed by atoms with Gasteiger partial charge in [-0.2, -0.15) is 0 Å². The molecule has 0 bridgehead atoms. The first-order valence-electron chi connectivity index (χ1n) is 3.21. The molecule has 1 fully saturated rings. The lowest BCUT2D eigenvalue weighted by atomic mass is 10.4. The number of rotatable bonds is 1. The molecule has 0 spiro atoms. The van der Waals surface area contributed by atoms with E-state index in [2.05, 4.69) is 6.92 Å². The summed E-state index contributed by atoms with van der Waals surface area (Å²) in [6.45, 7) is 6.36. The summed E-state index contributed by atoms with van der Waals surface area (Å²) in [5.74, 6) is 0. The minimum atomic E-state index is -0.167. The van der Waals surface area contributed by atoms with E-state index in [9.17, 15) is 5.21 Å². The second-order valence-electron chi connectivity index (χ2n) is 2.34. The lowest BCUT2D eigenvalue weighted by Gasteiger charge is -2.44. The summed E-state index contributed by atoms with van der Waals surface area (Å²) in [4.78, 5) is 0. The average Bonchev–Trinajstić information content (AvgIpc) is 1.90. The van der Waals surface area contributed by atoms with Crippen LogP contribution in [0.5, 0.6) is 0 Å². The van der Waals surface area contributed by atoms with Crippen molar-refractivity contribution in [3.05, 3.63) is 12.1 Å². The molecule has 3 heteroatoms. The molecule has 0 aromatic rings. The van der Waals surface area contributed by atoms with E-state index in [0.29, 0.717) is 32.8 Å². The van der Waals surface area contributed by atoms with Crippen LogP contribution in [0.4, 0.5) is 0 Å². The maximum Gasteiger partial charge on any atom is 0.102 e. The Morgan fingerprint density at radius 3 is 2.33 bits per heavy atom. The number of hydrogen-bond donors (Lipinski definition) is 0. The molecule has 3 nitrogen and oxygen atoms in total. The Bertz CT molecular complexity index is 89.1. The fourth-order valence-corrected chi connectivity index (χ4v) is 0.899. The van der Waals surface area contributed by atoms with Crippen molar-refractivity contribution in [2.45, 2.75) is 0 Å². The fraction of sp³-hybridized carbons (Fsp3) is 0.833. The SMILES string of the molecule is [CH2]C[N+]1([O-])CCOCC1. The van der Waals surface area contributed by atoms with Gasteiger partial charge in [0.25, 0.3) is 0 Å². The number of quaternary nitrogens is 1. The Labute approximate surface area is 55.4 Å². The Morgan fingerprint density at radius 2 is 2.00 bits per heavy atom. The van der Waals surface area contributed by atoms with Crippen LogP contribution in [0.15, 0.2) is 0 Å². The highest BCUT2D eigenvalue weighted by atomic mass is 16.6. The monoisotopic (exact) mass is 130 g/mol. The van der Waals surface area contributed by atoms with Crippen molar-refractivity contribution in [1.29, 1.82) is 0 Å². The molecule has 0 aliphatic carbocycles. The second-order valence-corrected chi connectivity index (χ2v) is 2.34. The Morgan fingerprint density at radius 1 is 1.44 bits per heavy atom. The van der Waals surface area contributed by atoms with E-state index in [4.69, 9.17) is 4.74 Å². The first-order valence-corrected chi connectivity index (χ1v) is 3.21. The highest BCUT2D eigenvalue weighted by Gasteiger charge is 2.17. The molecule has 1 rings (SSSR count). The molecule has 0 atom stereocenters.